The minimum absolute atomic E-state index is 0.0230. The summed E-state index contributed by atoms with van der Waals surface area (Å²) in [4.78, 5) is 16.6. The molecule has 3 unspecified atom stereocenters. The number of carbonyl (C=O) groups excluding carboxylic acids is 1. The average molecular weight is 316 g/mol. The van der Waals surface area contributed by atoms with E-state index in [1.807, 2.05) is 25.3 Å². The molecular formula is C18H28N4O. The second kappa shape index (κ2) is 7.77. The predicted octanol–water partition coefficient (Wildman–Crippen LogP) is 2.23. The Kier molecular flexibility index (Phi) is 5.49. The fraction of sp³-hybridized carbons (Fsp3) is 0.667. The number of pyridine rings is 1. The number of anilines is 1. The summed E-state index contributed by atoms with van der Waals surface area (Å²) in [5, 5.41) is 9.87. The number of aromatic nitrogens is 1. The summed E-state index contributed by atoms with van der Waals surface area (Å²) in [7, 11) is 0. The smallest absolute Gasteiger partial charge is 0.237 e. The molecule has 0 bridgehead atoms. The molecule has 2 fully saturated rings. The van der Waals surface area contributed by atoms with Crippen LogP contribution in [0.1, 0.15) is 44.1 Å². The van der Waals surface area contributed by atoms with Crippen LogP contribution >= 0.6 is 0 Å². The molecule has 0 spiro atoms. The van der Waals surface area contributed by atoms with Gasteiger partial charge in [0, 0.05) is 25.3 Å². The minimum atomic E-state index is 0.0230. The van der Waals surface area contributed by atoms with E-state index in [1.54, 1.807) is 0 Å². The Morgan fingerprint density at radius 3 is 2.96 bits per heavy atom. The maximum absolute atomic E-state index is 12.3. The number of fused-ring (bicyclic) bond motifs is 1. The molecule has 1 saturated carbocycles. The van der Waals surface area contributed by atoms with Gasteiger partial charge in [-0.2, -0.15) is 0 Å². The molecule has 0 aromatic carbocycles. The van der Waals surface area contributed by atoms with E-state index in [1.165, 1.54) is 25.7 Å². The van der Waals surface area contributed by atoms with Crippen molar-refractivity contribution in [3.05, 3.63) is 23.9 Å². The van der Waals surface area contributed by atoms with Crippen LogP contribution in [0.15, 0.2) is 18.3 Å². The molecule has 0 radical (unpaired) electrons. The third kappa shape index (κ3) is 4.44. The molecule has 1 aliphatic heterocycles. The zero-order chi connectivity index (χ0) is 16.1. The maximum atomic E-state index is 12.3. The normalized spacial score (nSPS) is 26.6. The highest BCUT2D eigenvalue weighted by atomic mass is 16.2. The van der Waals surface area contributed by atoms with E-state index in [0.29, 0.717) is 18.5 Å². The lowest BCUT2D eigenvalue weighted by Gasteiger charge is -2.24. The van der Waals surface area contributed by atoms with Crippen molar-refractivity contribution in [1.82, 2.24) is 15.6 Å². The Labute approximate surface area is 138 Å². The van der Waals surface area contributed by atoms with Crippen molar-refractivity contribution in [2.75, 3.05) is 18.4 Å². The fourth-order valence-corrected chi connectivity index (χ4v) is 3.73. The Hall–Kier alpha value is -1.62. The summed E-state index contributed by atoms with van der Waals surface area (Å²) in [6, 6.07) is 4.63. The monoisotopic (exact) mass is 316 g/mol. The average Bonchev–Trinajstić information content (AvgIpc) is 3.00. The number of hydrogen-bond donors (Lipinski definition) is 3. The van der Waals surface area contributed by atoms with Gasteiger partial charge in [0.05, 0.1) is 6.04 Å². The van der Waals surface area contributed by atoms with Gasteiger partial charge in [-0.3, -0.25) is 4.79 Å². The number of nitrogens with one attached hydrogen (secondary N) is 3. The highest BCUT2D eigenvalue weighted by Crippen LogP contribution is 2.33. The van der Waals surface area contributed by atoms with Gasteiger partial charge in [-0.1, -0.05) is 18.9 Å². The van der Waals surface area contributed by atoms with E-state index < -0.39 is 0 Å². The van der Waals surface area contributed by atoms with Crippen molar-refractivity contribution in [2.24, 2.45) is 5.92 Å². The van der Waals surface area contributed by atoms with E-state index in [0.717, 1.165) is 30.8 Å². The largest absolute Gasteiger partial charge is 0.370 e. The lowest BCUT2D eigenvalue weighted by atomic mass is 9.85. The molecule has 23 heavy (non-hydrogen) atoms. The zero-order valence-corrected chi connectivity index (χ0v) is 14.0. The summed E-state index contributed by atoms with van der Waals surface area (Å²) >= 11 is 0. The fourth-order valence-electron chi connectivity index (χ4n) is 3.73. The summed E-state index contributed by atoms with van der Waals surface area (Å²) < 4.78 is 0. The second-order valence-corrected chi connectivity index (χ2v) is 6.90. The van der Waals surface area contributed by atoms with Crippen molar-refractivity contribution in [2.45, 2.75) is 57.5 Å². The first-order chi connectivity index (χ1) is 11.2. The van der Waals surface area contributed by atoms with E-state index in [4.69, 9.17) is 0 Å². The molecule has 2 aliphatic rings. The Balaban J connectivity index is 1.31. The second-order valence-electron chi connectivity index (χ2n) is 6.90. The van der Waals surface area contributed by atoms with Gasteiger partial charge in [0.1, 0.15) is 5.82 Å². The van der Waals surface area contributed by atoms with Crippen LogP contribution in [-0.2, 0) is 4.79 Å². The van der Waals surface area contributed by atoms with Crippen molar-refractivity contribution in [3.8, 4) is 0 Å². The van der Waals surface area contributed by atoms with Crippen LogP contribution in [-0.4, -0.2) is 36.1 Å². The molecule has 5 nitrogen and oxygen atoms in total. The van der Waals surface area contributed by atoms with Gasteiger partial charge in [0.2, 0.25) is 5.91 Å². The van der Waals surface area contributed by atoms with Gasteiger partial charge in [0.15, 0.2) is 0 Å². The Bertz CT molecular complexity index is 502. The number of carbonyl (C=O) groups is 1. The summed E-state index contributed by atoms with van der Waals surface area (Å²) in [5.41, 5.74) is 1.16. The standard InChI is InChI=1S/C18H28N4O/c1-13-7-8-17(21-12-13)19-9-4-10-20-18(23)16-11-14-5-2-3-6-15(14)22-16/h7-8,12,14-16,22H,2-6,9-11H2,1H3,(H,19,21)(H,20,23). The number of rotatable bonds is 6. The molecule has 1 saturated heterocycles. The summed E-state index contributed by atoms with van der Waals surface area (Å²) in [6.07, 6.45) is 8.94. The Morgan fingerprint density at radius 1 is 1.30 bits per heavy atom. The van der Waals surface area contributed by atoms with Gasteiger partial charge in [-0.25, -0.2) is 4.98 Å². The third-order valence-electron chi connectivity index (χ3n) is 5.05. The number of aryl methyl sites for hydroxylation is 1. The van der Waals surface area contributed by atoms with E-state index in [9.17, 15) is 4.79 Å². The van der Waals surface area contributed by atoms with Gasteiger partial charge in [-0.05, 0) is 50.2 Å². The molecule has 1 aromatic rings. The van der Waals surface area contributed by atoms with Crippen LogP contribution in [0.5, 0.6) is 0 Å². The van der Waals surface area contributed by atoms with Crippen LogP contribution in [0.3, 0.4) is 0 Å². The maximum Gasteiger partial charge on any atom is 0.237 e. The van der Waals surface area contributed by atoms with Crippen molar-refractivity contribution >= 4 is 11.7 Å². The number of amides is 1. The Morgan fingerprint density at radius 2 is 2.17 bits per heavy atom. The first-order valence-corrected chi connectivity index (χ1v) is 8.92. The van der Waals surface area contributed by atoms with Gasteiger partial charge < -0.3 is 16.0 Å². The first kappa shape index (κ1) is 16.2. The van der Waals surface area contributed by atoms with Crippen LogP contribution in [0, 0.1) is 12.8 Å². The molecule has 126 valence electrons. The van der Waals surface area contributed by atoms with Crippen molar-refractivity contribution < 1.29 is 4.79 Å². The number of nitrogens with zero attached hydrogens (tertiary/aromatic N) is 1. The van der Waals surface area contributed by atoms with Gasteiger partial charge >= 0.3 is 0 Å². The van der Waals surface area contributed by atoms with Gasteiger partial charge in [0.25, 0.3) is 0 Å². The highest BCUT2D eigenvalue weighted by molar-refractivity contribution is 5.82. The lowest BCUT2D eigenvalue weighted by Crippen LogP contribution is -2.43. The van der Waals surface area contributed by atoms with Crippen molar-refractivity contribution in [1.29, 1.82) is 0 Å². The quantitative estimate of drug-likeness (QED) is 0.704. The van der Waals surface area contributed by atoms with E-state index in [2.05, 4.69) is 20.9 Å². The summed E-state index contributed by atoms with van der Waals surface area (Å²) in [6.45, 7) is 3.56. The SMILES string of the molecule is Cc1ccc(NCCCNC(=O)C2CC3CCCCC3N2)nc1. The topological polar surface area (TPSA) is 66.0 Å². The zero-order valence-electron chi connectivity index (χ0n) is 14.0. The van der Waals surface area contributed by atoms with Crippen LogP contribution in [0.25, 0.3) is 0 Å². The molecule has 3 atom stereocenters. The lowest BCUT2D eigenvalue weighted by molar-refractivity contribution is -0.122. The van der Waals surface area contributed by atoms with E-state index >= 15 is 0 Å². The van der Waals surface area contributed by atoms with E-state index in [-0.39, 0.29) is 11.9 Å². The third-order valence-corrected chi connectivity index (χ3v) is 5.05. The molecule has 1 aliphatic carbocycles. The molecular weight excluding hydrogens is 288 g/mol. The molecule has 2 heterocycles. The van der Waals surface area contributed by atoms with Gasteiger partial charge in [-0.15, -0.1) is 0 Å². The van der Waals surface area contributed by atoms with Crippen LogP contribution in [0.4, 0.5) is 5.82 Å². The highest BCUT2D eigenvalue weighted by Gasteiger charge is 2.37. The first-order valence-electron chi connectivity index (χ1n) is 8.92. The summed E-state index contributed by atoms with van der Waals surface area (Å²) in [5.74, 6) is 1.78. The minimum Gasteiger partial charge on any atom is -0.370 e. The molecule has 3 N–H and O–H groups in total. The number of hydrogen-bond acceptors (Lipinski definition) is 4. The predicted molar refractivity (Wildman–Crippen MR) is 92.4 cm³/mol. The molecule has 1 amide bonds. The van der Waals surface area contributed by atoms with Crippen LogP contribution in [0.2, 0.25) is 0 Å². The van der Waals surface area contributed by atoms with Crippen molar-refractivity contribution in [3.63, 3.8) is 0 Å². The molecule has 3 rings (SSSR count). The molecule has 5 heteroatoms. The molecule has 1 aromatic heterocycles. The van der Waals surface area contributed by atoms with Crippen LogP contribution < -0.4 is 16.0 Å².